The minimum Gasteiger partial charge on any atom is -0.493 e. The van der Waals surface area contributed by atoms with E-state index in [0.717, 1.165) is 11.3 Å². The van der Waals surface area contributed by atoms with Crippen LogP contribution in [-0.2, 0) is 4.74 Å². The molecule has 1 N–H and O–H groups in total. The van der Waals surface area contributed by atoms with Crippen LogP contribution in [0.2, 0.25) is 0 Å². The van der Waals surface area contributed by atoms with Crippen molar-refractivity contribution < 1.29 is 19.0 Å². The molecule has 1 aromatic rings. The summed E-state index contributed by atoms with van der Waals surface area (Å²) >= 11 is 0. The Morgan fingerprint density at radius 3 is 2.45 bits per heavy atom. The Morgan fingerprint density at radius 2 is 1.90 bits per heavy atom. The van der Waals surface area contributed by atoms with Gasteiger partial charge in [0, 0.05) is 5.56 Å². The molecule has 20 heavy (non-hydrogen) atoms. The molecular weight excluding hydrogens is 260 g/mol. The minimum absolute atomic E-state index is 0.305. The standard InChI is InChI=1S/C14H20N2O4/c1-5-11(15-16-14(17)20-6-2)10-7-8-12(18-3)13(9-10)19-4/h7-9H,5-6H2,1-4H3,(H,16,17). The van der Waals surface area contributed by atoms with E-state index in [0.29, 0.717) is 24.5 Å². The molecule has 0 saturated carbocycles. The zero-order valence-corrected chi connectivity index (χ0v) is 12.2. The number of hydrogen-bond donors (Lipinski definition) is 1. The van der Waals surface area contributed by atoms with Crippen LogP contribution in [0.3, 0.4) is 0 Å². The number of ether oxygens (including phenoxy) is 3. The zero-order chi connectivity index (χ0) is 15.0. The maximum absolute atomic E-state index is 11.2. The van der Waals surface area contributed by atoms with Gasteiger partial charge in [-0.1, -0.05) is 6.92 Å². The van der Waals surface area contributed by atoms with Crippen molar-refractivity contribution in [2.45, 2.75) is 20.3 Å². The number of nitrogens with one attached hydrogen (secondary N) is 1. The number of amides is 1. The van der Waals surface area contributed by atoms with Crippen LogP contribution < -0.4 is 14.9 Å². The summed E-state index contributed by atoms with van der Waals surface area (Å²) in [5, 5.41) is 4.06. The highest BCUT2D eigenvalue weighted by atomic mass is 16.5. The second kappa shape index (κ2) is 8.04. The predicted molar refractivity (Wildman–Crippen MR) is 76.5 cm³/mol. The SMILES string of the molecule is CCOC(=O)NN=C(CC)c1ccc(OC)c(OC)c1. The van der Waals surface area contributed by atoms with Gasteiger partial charge >= 0.3 is 6.09 Å². The van der Waals surface area contributed by atoms with Crippen molar-refractivity contribution >= 4 is 11.8 Å². The fourth-order valence-corrected chi connectivity index (χ4v) is 1.64. The van der Waals surface area contributed by atoms with Crippen molar-refractivity contribution in [1.29, 1.82) is 0 Å². The number of benzene rings is 1. The summed E-state index contributed by atoms with van der Waals surface area (Å²) in [6.45, 7) is 3.99. The van der Waals surface area contributed by atoms with E-state index in [2.05, 4.69) is 10.5 Å². The van der Waals surface area contributed by atoms with Crippen LogP contribution in [-0.4, -0.2) is 32.6 Å². The lowest BCUT2D eigenvalue weighted by Gasteiger charge is -2.10. The molecule has 0 aliphatic carbocycles. The maximum atomic E-state index is 11.2. The van der Waals surface area contributed by atoms with E-state index in [1.165, 1.54) is 0 Å². The fourth-order valence-electron chi connectivity index (χ4n) is 1.64. The van der Waals surface area contributed by atoms with E-state index in [1.807, 2.05) is 19.1 Å². The average Bonchev–Trinajstić information content (AvgIpc) is 2.47. The van der Waals surface area contributed by atoms with Gasteiger partial charge in [0.1, 0.15) is 0 Å². The lowest BCUT2D eigenvalue weighted by atomic mass is 10.1. The van der Waals surface area contributed by atoms with Gasteiger partial charge in [-0.3, -0.25) is 0 Å². The largest absolute Gasteiger partial charge is 0.493 e. The Morgan fingerprint density at radius 1 is 1.20 bits per heavy atom. The first kappa shape index (κ1) is 15.8. The number of nitrogens with zero attached hydrogens (tertiary/aromatic N) is 1. The first-order valence-corrected chi connectivity index (χ1v) is 6.37. The van der Waals surface area contributed by atoms with Crippen LogP contribution >= 0.6 is 0 Å². The Balaban J connectivity index is 2.94. The van der Waals surface area contributed by atoms with Crippen molar-refractivity contribution in [3.63, 3.8) is 0 Å². The van der Waals surface area contributed by atoms with Gasteiger partial charge in [0.05, 0.1) is 26.5 Å². The minimum atomic E-state index is -0.570. The molecule has 0 aliphatic rings. The number of rotatable bonds is 6. The van der Waals surface area contributed by atoms with E-state index in [9.17, 15) is 4.79 Å². The van der Waals surface area contributed by atoms with Gasteiger partial charge in [-0.2, -0.15) is 5.10 Å². The molecule has 6 heteroatoms. The van der Waals surface area contributed by atoms with Gasteiger partial charge in [0.2, 0.25) is 0 Å². The third kappa shape index (κ3) is 4.15. The first-order chi connectivity index (χ1) is 9.65. The summed E-state index contributed by atoms with van der Waals surface area (Å²) in [6, 6.07) is 5.47. The monoisotopic (exact) mass is 280 g/mol. The summed E-state index contributed by atoms with van der Waals surface area (Å²) in [7, 11) is 3.15. The van der Waals surface area contributed by atoms with E-state index < -0.39 is 6.09 Å². The van der Waals surface area contributed by atoms with Crippen LogP contribution in [0.25, 0.3) is 0 Å². The highest BCUT2D eigenvalue weighted by molar-refractivity contribution is 6.01. The summed E-state index contributed by atoms with van der Waals surface area (Å²) in [5.41, 5.74) is 3.92. The number of hydrazone groups is 1. The molecule has 0 radical (unpaired) electrons. The smallest absolute Gasteiger partial charge is 0.427 e. The Labute approximate surface area is 118 Å². The first-order valence-electron chi connectivity index (χ1n) is 6.37. The molecule has 110 valence electrons. The number of methoxy groups -OCH3 is 2. The molecule has 6 nitrogen and oxygen atoms in total. The molecule has 1 aromatic carbocycles. The predicted octanol–water partition coefficient (Wildman–Crippen LogP) is 2.56. The molecular formula is C14H20N2O4. The Bertz CT molecular complexity index is 486. The van der Waals surface area contributed by atoms with Crippen molar-refractivity contribution in [3.8, 4) is 11.5 Å². The van der Waals surface area contributed by atoms with E-state index in [1.54, 1.807) is 27.2 Å². The summed E-state index contributed by atoms with van der Waals surface area (Å²) in [5.74, 6) is 1.26. The van der Waals surface area contributed by atoms with Crippen molar-refractivity contribution in [2.24, 2.45) is 5.10 Å². The quantitative estimate of drug-likeness (QED) is 0.642. The molecule has 0 saturated heterocycles. The third-order valence-corrected chi connectivity index (χ3v) is 2.61. The summed E-state index contributed by atoms with van der Waals surface area (Å²) < 4.78 is 15.2. The lowest BCUT2D eigenvalue weighted by Crippen LogP contribution is -2.20. The van der Waals surface area contributed by atoms with Gasteiger partial charge in [-0.15, -0.1) is 0 Å². The van der Waals surface area contributed by atoms with E-state index in [4.69, 9.17) is 14.2 Å². The molecule has 0 spiro atoms. The van der Waals surface area contributed by atoms with Crippen LogP contribution in [0.5, 0.6) is 11.5 Å². The maximum Gasteiger partial charge on any atom is 0.427 e. The van der Waals surface area contributed by atoms with Crippen molar-refractivity contribution in [1.82, 2.24) is 5.43 Å². The Hall–Kier alpha value is -2.24. The van der Waals surface area contributed by atoms with Crippen LogP contribution in [0, 0.1) is 0 Å². The van der Waals surface area contributed by atoms with Crippen LogP contribution in [0.4, 0.5) is 4.79 Å². The van der Waals surface area contributed by atoms with Gasteiger partial charge in [-0.25, -0.2) is 10.2 Å². The molecule has 0 bridgehead atoms. The molecule has 0 unspecified atom stereocenters. The number of hydrogen-bond acceptors (Lipinski definition) is 5. The van der Waals surface area contributed by atoms with Crippen molar-refractivity contribution in [3.05, 3.63) is 23.8 Å². The fraction of sp³-hybridized carbons (Fsp3) is 0.429. The lowest BCUT2D eigenvalue weighted by molar-refractivity contribution is 0.152. The average molecular weight is 280 g/mol. The molecule has 0 aromatic heterocycles. The molecule has 0 heterocycles. The Kier molecular flexibility index (Phi) is 6.36. The highest BCUT2D eigenvalue weighted by Crippen LogP contribution is 2.28. The van der Waals surface area contributed by atoms with Crippen molar-refractivity contribution in [2.75, 3.05) is 20.8 Å². The summed E-state index contributed by atoms with van der Waals surface area (Å²) in [6.07, 6.45) is 0.0842. The summed E-state index contributed by atoms with van der Waals surface area (Å²) in [4.78, 5) is 11.2. The molecule has 1 rings (SSSR count). The zero-order valence-electron chi connectivity index (χ0n) is 12.2. The van der Waals surface area contributed by atoms with E-state index in [-0.39, 0.29) is 0 Å². The number of carbonyl (C=O) groups excluding carboxylic acids is 1. The van der Waals surface area contributed by atoms with Gasteiger partial charge in [-0.05, 0) is 31.5 Å². The molecule has 0 atom stereocenters. The topological polar surface area (TPSA) is 69.2 Å². The molecule has 1 amide bonds. The second-order valence-electron chi connectivity index (χ2n) is 3.81. The molecule has 0 aliphatic heterocycles. The van der Waals surface area contributed by atoms with Gasteiger partial charge < -0.3 is 14.2 Å². The van der Waals surface area contributed by atoms with Gasteiger partial charge in [0.25, 0.3) is 0 Å². The highest BCUT2D eigenvalue weighted by Gasteiger charge is 2.09. The third-order valence-electron chi connectivity index (χ3n) is 2.61. The van der Waals surface area contributed by atoms with Gasteiger partial charge in [0.15, 0.2) is 11.5 Å². The second-order valence-corrected chi connectivity index (χ2v) is 3.81. The van der Waals surface area contributed by atoms with Crippen LogP contribution in [0.15, 0.2) is 23.3 Å². The van der Waals surface area contributed by atoms with Crippen LogP contribution in [0.1, 0.15) is 25.8 Å². The molecule has 0 fully saturated rings. The number of carbonyl (C=O) groups is 1. The normalized spacial score (nSPS) is 10.9. The van der Waals surface area contributed by atoms with E-state index >= 15 is 0 Å².